The Morgan fingerprint density at radius 3 is 0.984 bits per heavy atom. The van der Waals surface area contributed by atoms with E-state index in [-0.39, 0.29) is 18.5 Å². The number of rotatable bonds is 53. The number of hydrogen-bond donors (Lipinski definition) is 0. The van der Waals surface area contributed by atoms with Crippen molar-refractivity contribution >= 4 is 11.9 Å². The van der Waals surface area contributed by atoms with Crippen molar-refractivity contribution < 1.29 is 23.8 Å². The van der Waals surface area contributed by atoms with Crippen LogP contribution in [0, 0.1) is 0 Å². The fraction of sp³-hybridized carbons (Fsp3) is 0.930. The van der Waals surface area contributed by atoms with Gasteiger partial charge in [-0.3, -0.25) is 9.59 Å². The zero-order valence-corrected chi connectivity index (χ0v) is 42.4. The molecule has 1 atom stereocenters. The van der Waals surface area contributed by atoms with Crippen LogP contribution in [0.2, 0.25) is 0 Å². The topological polar surface area (TPSA) is 61.8 Å². The van der Waals surface area contributed by atoms with Crippen LogP contribution in [-0.2, 0) is 23.8 Å². The molecule has 0 rings (SSSR count). The number of carbonyl (C=O) groups excluding carboxylic acids is 2. The molecule has 0 saturated heterocycles. The summed E-state index contributed by atoms with van der Waals surface area (Å²) in [5.41, 5.74) is 0. The third-order valence-corrected chi connectivity index (χ3v) is 12.8. The molecule has 0 spiro atoms. The molecule has 0 saturated carbocycles. The van der Waals surface area contributed by atoms with Crippen LogP contribution in [0.15, 0.2) is 12.2 Å². The monoisotopic (exact) mass is 875 g/mol. The number of hydrogen-bond acceptors (Lipinski definition) is 5. The minimum Gasteiger partial charge on any atom is -0.462 e. The first-order chi connectivity index (χ1) is 30.6. The molecule has 62 heavy (non-hydrogen) atoms. The molecule has 0 fully saturated rings. The molecular weight excluding hydrogens is 765 g/mol. The van der Waals surface area contributed by atoms with E-state index in [0.717, 1.165) is 38.5 Å². The summed E-state index contributed by atoms with van der Waals surface area (Å²) < 4.78 is 17.5. The molecule has 0 aromatic heterocycles. The van der Waals surface area contributed by atoms with Gasteiger partial charge in [-0.1, -0.05) is 270 Å². The molecule has 5 heteroatoms. The van der Waals surface area contributed by atoms with Gasteiger partial charge in [0.25, 0.3) is 0 Å². The molecule has 0 aromatic carbocycles. The van der Waals surface area contributed by atoms with Crippen molar-refractivity contribution in [3.05, 3.63) is 12.2 Å². The van der Waals surface area contributed by atoms with Crippen LogP contribution in [0.1, 0.15) is 316 Å². The molecule has 0 aliphatic rings. The first-order valence-electron chi connectivity index (χ1n) is 28.2. The summed E-state index contributed by atoms with van der Waals surface area (Å²) in [5.74, 6) is -0.375. The smallest absolute Gasteiger partial charge is 0.306 e. The van der Waals surface area contributed by atoms with Gasteiger partial charge in [0.1, 0.15) is 6.61 Å². The second-order valence-corrected chi connectivity index (χ2v) is 19.2. The minimum atomic E-state index is -0.530. The largest absolute Gasteiger partial charge is 0.462 e. The predicted octanol–water partition coefficient (Wildman–Crippen LogP) is 19.0. The summed E-state index contributed by atoms with van der Waals surface area (Å²) in [7, 11) is 0. The quantitative estimate of drug-likeness (QED) is 0.0346. The summed E-state index contributed by atoms with van der Waals surface area (Å²) >= 11 is 0. The first kappa shape index (κ1) is 60.6. The predicted molar refractivity (Wildman–Crippen MR) is 270 cm³/mol. The summed E-state index contributed by atoms with van der Waals surface area (Å²) in [6.07, 6.45) is 62.2. The Kier molecular flexibility index (Phi) is 52.8. The van der Waals surface area contributed by atoms with Gasteiger partial charge in [-0.05, 0) is 44.9 Å². The summed E-state index contributed by atoms with van der Waals surface area (Å²) in [6, 6.07) is 0. The van der Waals surface area contributed by atoms with Crippen LogP contribution < -0.4 is 0 Å². The average molecular weight is 876 g/mol. The fourth-order valence-electron chi connectivity index (χ4n) is 8.57. The van der Waals surface area contributed by atoms with E-state index in [0.29, 0.717) is 26.1 Å². The highest BCUT2D eigenvalue weighted by Gasteiger charge is 2.17. The molecule has 0 N–H and O–H groups in total. The number of esters is 2. The fourth-order valence-corrected chi connectivity index (χ4v) is 8.57. The van der Waals surface area contributed by atoms with Crippen molar-refractivity contribution in [3.8, 4) is 0 Å². The summed E-state index contributed by atoms with van der Waals surface area (Å²) in [4.78, 5) is 25.5. The summed E-state index contributed by atoms with van der Waals surface area (Å²) in [5, 5.41) is 0. The molecule has 5 nitrogen and oxygen atoms in total. The highest BCUT2D eigenvalue weighted by atomic mass is 16.6. The average Bonchev–Trinajstić information content (AvgIpc) is 3.27. The van der Waals surface area contributed by atoms with Gasteiger partial charge in [-0.25, -0.2) is 0 Å². The Morgan fingerprint density at radius 1 is 0.339 bits per heavy atom. The molecule has 368 valence electrons. The van der Waals surface area contributed by atoms with Crippen LogP contribution in [0.25, 0.3) is 0 Å². The van der Waals surface area contributed by atoms with Gasteiger partial charge in [0, 0.05) is 19.4 Å². The maximum Gasteiger partial charge on any atom is 0.306 e. The van der Waals surface area contributed by atoms with Crippen molar-refractivity contribution in [2.24, 2.45) is 0 Å². The van der Waals surface area contributed by atoms with Gasteiger partial charge in [-0.15, -0.1) is 0 Å². The Bertz CT molecular complexity index is 902. The van der Waals surface area contributed by atoms with Gasteiger partial charge in [0.05, 0.1) is 6.61 Å². The normalized spacial score (nSPS) is 12.1. The van der Waals surface area contributed by atoms with Crippen molar-refractivity contribution in [2.45, 2.75) is 322 Å². The SMILES string of the molecule is CCCCCCCC/C=C\CCCCCCCCOCC(COC(=O)CCCCCCCCCCCCCCCCCCC)OC(=O)CCCCCCCCCCCCCCC. The maximum absolute atomic E-state index is 12.8. The second kappa shape index (κ2) is 54.0. The van der Waals surface area contributed by atoms with E-state index < -0.39 is 6.10 Å². The molecule has 0 amide bonds. The van der Waals surface area contributed by atoms with Gasteiger partial charge >= 0.3 is 11.9 Å². The van der Waals surface area contributed by atoms with E-state index >= 15 is 0 Å². The van der Waals surface area contributed by atoms with E-state index in [1.54, 1.807) is 0 Å². The summed E-state index contributed by atoms with van der Waals surface area (Å²) in [6.45, 7) is 7.88. The highest BCUT2D eigenvalue weighted by molar-refractivity contribution is 5.70. The van der Waals surface area contributed by atoms with Crippen LogP contribution in [-0.4, -0.2) is 37.9 Å². The third-order valence-electron chi connectivity index (χ3n) is 12.8. The van der Waals surface area contributed by atoms with Crippen molar-refractivity contribution in [3.63, 3.8) is 0 Å². The number of carbonyl (C=O) groups is 2. The molecule has 0 heterocycles. The zero-order valence-electron chi connectivity index (χ0n) is 42.4. The minimum absolute atomic E-state index is 0.0928. The Morgan fingerprint density at radius 2 is 0.629 bits per heavy atom. The number of unbranched alkanes of at least 4 members (excludes halogenated alkanes) is 40. The Labute approximate surface area is 388 Å². The highest BCUT2D eigenvalue weighted by Crippen LogP contribution is 2.17. The van der Waals surface area contributed by atoms with Gasteiger partial charge in [-0.2, -0.15) is 0 Å². The van der Waals surface area contributed by atoms with Crippen LogP contribution in [0.5, 0.6) is 0 Å². The van der Waals surface area contributed by atoms with Crippen LogP contribution >= 0.6 is 0 Å². The van der Waals surface area contributed by atoms with E-state index in [1.165, 1.54) is 244 Å². The van der Waals surface area contributed by atoms with E-state index in [9.17, 15) is 9.59 Å². The van der Waals surface area contributed by atoms with Crippen LogP contribution in [0.4, 0.5) is 0 Å². The van der Waals surface area contributed by atoms with Crippen molar-refractivity contribution in [2.75, 3.05) is 19.8 Å². The van der Waals surface area contributed by atoms with Crippen LogP contribution in [0.3, 0.4) is 0 Å². The Balaban J connectivity index is 4.19. The van der Waals surface area contributed by atoms with E-state index in [4.69, 9.17) is 14.2 Å². The molecule has 1 unspecified atom stereocenters. The Hall–Kier alpha value is -1.36. The number of allylic oxidation sites excluding steroid dienone is 2. The zero-order chi connectivity index (χ0) is 44.9. The van der Waals surface area contributed by atoms with Crippen molar-refractivity contribution in [1.29, 1.82) is 0 Å². The van der Waals surface area contributed by atoms with Crippen molar-refractivity contribution in [1.82, 2.24) is 0 Å². The number of ether oxygens (including phenoxy) is 3. The second-order valence-electron chi connectivity index (χ2n) is 19.2. The lowest BCUT2D eigenvalue weighted by Crippen LogP contribution is -2.30. The van der Waals surface area contributed by atoms with E-state index in [2.05, 4.69) is 32.9 Å². The lowest BCUT2D eigenvalue weighted by atomic mass is 10.0. The molecule has 0 aliphatic carbocycles. The van der Waals surface area contributed by atoms with Gasteiger partial charge < -0.3 is 14.2 Å². The third kappa shape index (κ3) is 51.3. The standard InChI is InChI=1S/C57H110O5/c1-4-7-10-13-16-19-22-25-27-29-30-33-35-38-41-44-47-50-56(58)61-54-55(62-57(59)51-48-45-42-39-36-32-24-21-18-15-12-9-6-3)53-60-52-49-46-43-40-37-34-31-28-26-23-20-17-14-11-8-5-2/h26,28,55H,4-25,27,29-54H2,1-3H3/b28-26-. The first-order valence-corrected chi connectivity index (χ1v) is 28.2. The molecular formula is C57H110O5. The van der Waals surface area contributed by atoms with Gasteiger partial charge in [0.2, 0.25) is 0 Å². The molecule has 0 aromatic rings. The maximum atomic E-state index is 12.8. The van der Waals surface area contributed by atoms with E-state index in [1.807, 2.05) is 0 Å². The molecule has 0 bridgehead atoms. The van der Waals surface area contributed by atoms with Gasteiger partial charge in [0.15, 0.2) is 6.10 Å². The lowest BCUT2D eigenvalue weighted by Gasteiger charge is -2.18. The molecule has 0 radical (unpaired) electrons. The molecule has 0 aliphatic heterocycles. The lowest BCUT2D eigenvalue weighted by molar-refractivity contribution is -0.163.